The molecule has 0 radical (unpaired) electrons. The van der Waals surface area contributed by atoms with Gasteiger partial charge in [-0.05, 0) is 0 Å². The first-order chi connectivity index (χ1) is 4.09. The van der Waals surface area contributed by atoms with Gasteiger partial charge < -0.3 is 16.2 Å². The van der Waals surface area contributed by atoms with Crippen molar-refractivity contribution in [1.29, 1.82) is 0 Å². The lowest BCUT2D eigenvalue weighted by Crippen LogP contribution is -2.36. The number of carbonyl (C=O) groups is 1. The number of methoxy groups -OCH3 is 1. The zero-order valence-electron chi connectivity index (χ0n) is 5.66. The van der Waals surface area contributed by atoms with Gasteiger partial charge in [-0.25, -0.2) is 4.79 Å². The van der Waals surface area contributed by atoms with Gasteiger partial charge in [0.1, 0.15) is 6.04 Å². The Morgan fingerprint density at radius 1 is 1.70 bits per heavy atom. The predicted molar refractivity (Wildman–Crippen MR) is 40.6 cm³/mol. The second-order valence-corrected chi connectivity index (χ2v) is 1.58. The molecule has 0 aliphatic heterocycles. The van der Waals surface area contributed by atoms with Crippen LogP contribution < -0.4 is 11.5 Å². The van der Waals surface area contributed by atoms with Crippen molar-refractivity contribution in [3.8, 4) is 0 Å². The van der Waals surface area contributed by atoms with Crippen LogP contribution in [-0.4, -0.2) is 19.1 Å². The highest BCUT2D eigenvalue weighted by molar-refractivity contribution is 5.85. The van der Waals surface area contributed by atoms with Gasteiger partial charge in [-0.3, -0.25) is 0 Å². The lowest BCUT2D eigenvalue weighted by Gasteiger charge is -2.06. The number of rotatable bonds is 2. The van der Waals surface area contributed by atoms with Crippen LogP contribution in [0.15, 0.2) is 12.3 Å². The average Bonchev–Trinajstić information content (AvgIpc) is 1.84. The van der Waals surface area contributed by atoms with Gasteiger partial charge in [0.2, 0.25) is 0 Å². The van der Waals surface area contributed by atoms with Gasteiger partial charge >= 0.3 is 5.97 Å². The standard InChI is InChI=1S/C5H10N2O2.ClH/c1-3(6)4(7)5(8)9-2;/h4H,1,6-7H2,2H3;1H. The molecule has 0 bridgehead atoms. The Morgan fingerprint density at radius 2 is 2.10 bits per heavy atom. The number of hydrogen-bond donors (Lipinski definition) is 2. The summed E-state index contributed by atoms with van der Waals surface area (Å²) in [6.07, 6.45) is 0. The summed E-state index contributed by atoms with van der Waals surface area (Å²) in [6.45, 7) is 3.28. The monoisotopic (exact) mass is 166 g/mol. The van der Waals surface area contributed by atoms with E-state index in [0.717, 1.165) is 0 Å². The van der Waals surface area contributed by atoms with E-state index in [1.54, 1.807) is 0 Å². The third-order valence-corrected chi connectivity index (χ3v) is 0.855. The first-order valence-corrected chi connectivity index (χ1v) is 2.37. The van der Waals surface area contributed by atoms with Crippen LogP contribution in [0.5, 0.6) is 0 Å². The maximum Gasteiger partial charge on any atom is 0.328 e. The number of nitrogens with two attached hydrogens (primary N) is 2. The van der Waals surface area contributed by atoms with Crippen molar-refractivity contribution < 1.29 is 9.53 Å². The molecule has 4 nitrogen and oxygen atoms in total. The average molecular weight is 167 g/mol. The van der Waals surface area contributed by atoms with Crippen molar-refractivity contribution >= 4 is 18.4 Å². The molecule has 0 fully saturated rings. The molecule has 0 saturated carbocycles. The largest absolute Gasteiger partial charge is 0.468 e. The van der Waals surface area contributed by atoms with E-state index >= 15 is 0 Å². The Kier molecular flexibility index (Phi) is 6.09. The third-order valence-electron chi connectivity index (χ3n) is 0.855. The molecule has 0 spiro atoms. The molecule has 0 aliphatic carbocycles. The summed E-state index contributed by atoms with van der Waals surface area (Å²) in [4.78, 5) is 10.5. The molecule has 0 aromatic carbocycles. The fourth-order valence-corrected chi connectivity index (χ4v) is 0.278. The van der Waals surface area contributed by atoms with Crippen molar-refractivity contribution in [3.05, 3.63) is 12.3 Å². The number of carbonyl (C=O) groups excluding carboxylic acids is 1. The highest BCUT2D eigenvalue weighted by Gasteiger charge is 2.13. The summed E-state index contributed by atoms with van der Waals surface area (Å²) in [5, 5.41) is 0. The molecule has 60 valence electrons. The smallest absolute Gasteiger partial charge is 0.328 e. The minimum Gasteiger partial charge on any atom is -0.468 e. The fraction of sp³-hybridized carbons (Fsp3) is 0.400. The molecule has 0 saturated heterocycles. The quantitative estimate of drug-likeness (QED) is 0.536. The minimum atomic E-state index is -0.894. The topological polar surface area (TPSA) is 78.3 Å². The van der Waals surface area contributed by atoms with E-state index in [1.807, 2.05) is 0 Å². The normalized spacial score (nSPS) is 11.0. The van der Waals surface area contributed by atoms with Crippen LogP contribution in [0, 0.1) is 0 Å². The zero-order valence-corrected chi connectivity index (χ0v) is 6.48. The van der Waals surface area contributed by atoms with Crippen molar-refractivity contribution in [3.63, 3.8) is 0 Å². The summed E-state index contributed by atoms with van der Waals surface area (Å²) < 4.78 is 4.27. The van der Waals surface area contributed by atoms with Gasteiger partial charge in [0, 0.05) is 5.70 Å². The summed E-state index contributed by atoms with van der Waals surface area (Å²) in [6, 6.07) is -0.894. The van der Waals surface area contributed by atoms with E-state index in [1.165, 1.54) is 7.11 Å². The van der Waals surface area contributed by atoms with Gasteiger partial charge in [-0.15, -0.1) is 12.4 Å². The Morgan fingerprint density at radius 3 is 2.20 bits per heavy atom. The van der Waals surface area contributed by atoms with Crippen molar-refractivity contribution in [2.75, 3.05) is 7.11 Å². The lowest BCUT2D eigenvalue weighted by molar-refractivity contribution is -0.141. The van der Waals surface area contributed by atoms with Gasteiger partial charge in [-0.1, -0.05) is 6.58 Å². The highest BCUT2D eigenvalue weighted by Crippen LogP contribution is 1.88. The van der Waals surface area contributed by atoms with Crippen molar-refractivity contribution in [2.24, 2.45) is 11.5 Å². The van der Waals surface area contributed by atoms with Crippen LogP contribution >= 0.6 is 12.4 Å². The van der Waals surface area contributed by atoms with Crippen LogP contribution in [0.1, 0.15) is 0 Å². The Balaban J connectivity index is 0. The molecule has 0 aromatic rings. The number of halogens is 1. The zero-order chi connectivity index (χ0) is 7.44. The molecule has 5 heteroatoms. The molecule has 4 N–H and O–H groups in total. The number of ether oxygens (including phenoxy) is 1. The Labute approximate surface area is 65.6 Å². The molecule has 0 aliphatic rings. The van der Waals surface area contributed by atoms with E-state index in [-0.39, 0.29) is 18.1 Å². The van der Waals surface area contributed by atoms with E-state index < -0.39 is 12.0 Å². The summed E-state index contributed by atoms with van der Waals surface area (Å²) in [5.41, 5.74) is 10.4. The maximum atomic E-state index is 10.5. The summed E-state index contributed by atoms with van der Waals surface area (Å²) in [7, 11) is 1.24. The van der Waals surface area contributed by atoms with Gasteiger partial charge in [0.25, 0.3) is 0 Å². The van der Waals surface area contributed by atoms with Crippen LogP contribution in [0.3, 0.4) is 0 Å². The third kappa shape index (κ3) is 3.32. The first kappa shape index (κ1) is 12.0. The highest BCUT2D eigenvalue weighted by atomic mass is 35.5. The van der Waals surface area contributed by atoms with Crippen molar-refractivity contribution in [2.45, 2.75) is 6.04 Å². The fourth-order valence-electron chi connectivity index (χ4n) is 0.278. The van der Waals surface area contributed by atoms with E-state index in [0.29, 0.717) is 0 Å². The summed E-state index contributed by atoms with van der Waals surface area (Å²) >= 11 is 0. The van der Waals surface area contributed by atoms with Crippen LogP contribution in [0.2, 0.25) is 0 Å². The SMILES string of the molecule is C=C(N)C(N)C(=O)OC.Cl. The first-order valence-electron chi connectivity index (χ1n) is 2.37. The molecule has 1 atom stereocenters. The van der Waals surface area contributed by atoms with Gasteiger partial charge in [-0.2, -0.15) is 0 Å². The number of hydrogen-bond acceptors (Lipinski definition) is 4. The van der Waals surface area contributed by atoms with Crippen LogP contribution in [0.4, 0.5) is 0 Å². The molecule has 0 heterocycles. The molecule has 0 amide bonds. The lowest BCUT2D eigenvalue weighted by atomic mass is 10.2. The molecular formula is C5H11ClN2O2. The van der Waals surface area contributed by atoms with Gasteiger partial charge in [0.05, 0.1) is 7.11 Å². The molecule has 0 rings (SSSR count). The molecule has 10 heavy (non-hydrogen) atoms. The summed E-state index contributed by atoms with van der Waals surface area (Å²) in [5.74, 6) is -0.567. The van der Waals surface area contributed by atoms with Crippen LogP contribution in [-0.2, 0) is 9.53 Å². The van der Waals surface area contributed by atoms with E-state index in [9.17, 15) is 4.79 Å². The van der Waals surface area contributed by atoms with Gasteiger partial charge in [0.15, 0.2) is 0 Å². The second kappa shape index (κ2) is 5.08. The van der Waals surface area contributed by atoms with Crippen LogP contribution in [0.25, 0.3) is 0 Å². The minimum absolute atomic E-state index is 0. The van der Waals surface area contributed by atoms with E-state index in [4.69, 9.17) is 11.5 Å². The number of esters is 1. The van der Waals surface area contributed by atoms with Crippen molar-refractivity contribution in [1.82, 2.24) is 0 Å². The maximum absolute atomic E-state index is 10.5. The Bertz CT molecular complexity index is 138. The predicted octanol–water partition coefficient (Wildman–Crippen LogP) is -0.619. The molecule has 0 aromatic heterocycles. The second-order valence-electron chi connectivity index (χ2n) is 1.58. The molecular weight excluding hydrogens is 156 g/mol. The Hall–Kier alpha value is -0.740. The molecule has 1 unspecified atom stereocenters. The van der Waals surface area contributed by atoms with E-state index in [2.05, 4.69) is 11.3 Å².